The van der Waals surface area contributed by atoms with Gasteiger partial charge in [0.25, 0.3) is 0 Å². The van der Waals surface area contributed by atoms with Gasteiger partial charge >= 0.3 is 0 Å². The Morgan fingerprint density at radius 1 is 0.529 bits per heavy atom. The fraction of sp³-hybridized carbons (Fsp3) is 0.0323. The van der Waals surface area contributed by atoms with Crippen LogP contribution in [-0.2, 0) is 7.05 Å². The van der Waals surface area contributed by atoms with E-state index in [0.29, 0.717) is 0 Å². The number of para-hydroxylation sites is 2. The monoisotopic (exact) mass is 452 g/mol. The van der Waals surface area contributed by atoms with Crippen molar-refractivity contribution in [2.24, 2.45) is 7.05 Å². The van der Waals surface area contributed by atoms with Gasteiger partial charge in [-0.1, -0.05) is 72.8 Å². The average Bonchev–Trinajstić information content (AvgIpc) is 3.52. The number of benzene rings is 5. The van der Waals surface area contributed by atoms with Crippen molar-refractivity contribution in [1.82, 2.24) is 9.13 Å². The summed E-state index contributed by atoms with van der Waals surface area (Å²) in [6, 6.07) is 37.7. The number of fused-ring (bicyclic) bond motifs is 10. The summed E-state index contributed by atoms with van der Waals surface area (Å²) in [6.07, 6.45) is 0. The third-order valence-corrected chi connectivity index (χ3v) is 8.53. The molecule has 3 aromatic heterocycles. The first-order chi connectivity index (χ1) is 16.8. The molecule has 0 bridgehead atoms. The van der Waals surface area contributed by atoms with Crippen LogP contribution in [0.5, 0.6) is 0 Å². The van der Waals surface area contributed by atoms with Crippen LogP contribution in [-0.4, -0.2) is 9.13 Å². The number of hydrogen-bond acceptors (Lipinski definition) is 1. The maximum absolute atomic E-state index is 2.51. The molecule has 3 heteroatoms. The van der Waals surface area contributed by atoms with Crippen molar-refractivity contribution in [3.05, 3.63) is 103 Å². The van der Waals surface area contributed by atoms with Gasteiger partial charge < -0.3 is 9.13 Å². The van der Waals surface area contributed by atoms with Crippen molar-refractivity contribution >= 4 is 75.1 Å². The lowest BCUT2D eigenvalue weighted by Gasteiger charge is -2.11. The van der Waals surface area contributed by atoms with Crippen LogP contribution in [0.4, 0.5) is 0 Å². The Morgan fingerprint density at radius 3 is 2.09 bits per heavy atom. The van der Waals surface area contributed by atoms with E-state index < -0.39 is 0 Å². The molecule has 0 aliphatic heterocycles. The molecular formula is C31H20N2S. The summed E-state index contributed by atoms with van der Waals surface area (Å²) >= 11 is 1.90. The highest BCUT2D eigenvalue weighted by Crippen LogP contribution is 2.44. The standard InChI is InChI=1S/C31H20N2S/c1-32-24-12-5-3-11-23(24)29-26(32)14-8-15-27(29)33-25-13-6-2-9-19(25)21-17-18-22-20-10-4-7-16-28(20)34-31(22)30(21)33/h2-18H,1H3. The summed E-state index contributed by atoms with van der Waals surface area (Å²) < 4.78 is 7.52. The van der Waals surface area contributed by atoms with E-state index in [1.54, 1.807) is 0 Å². The lowest BCUT2D eigenvalue weighted by molar-refractivity contribution is 1.01. The van der Waals surface area contributed by atoms with E-state index in [1.807, 2.05) is 11.3 Å². The second kappa shape index (κ2) is 6.49. The van der Waals surface area contributed by atoms with Crippen molar-refractivity contribution in [2.75, 3.05) is 0 Å². The molecule has 0 radical (unpaired) electrons. The third kappa shape index (κ3) is 2.20. The van der Waals surface area contributed by atoms with Gasteiger partial charge in [0.2, 0.25) is 0 Å². The zero-order chi connectivity index (χ0) is 22.4. The van der Waals surface area contributed by atoms with E-state index in [1.165, 1.54) is 69.5 Å². The summed E-state index contributed by atoms with van der Waals surface area (Å²) in [5, 5.41) is 7.89. The minimum atomic E-state index is 1.24. The molecule has 0 aliphatic carbocycles. The van der Waals surface area contributed by atoms with Crippen LogP contribution in [0.2, 0.25) is 0 Å². The van der Waals surface area contributed by atoms with Gasteiger partial charge in [0, 0.05) is 49.6 Å². The van der Waals surface area contributed by atoms with Crippen LogP contribution in [0.25, 0.3) is 69.5 Å². The highest BCUT2D eigenvalue weighted by molar-refractivity contribution is 7.26. The number of nitrogens with zero attached hydrogens (tertiary/aromatic N) is 2. The van der Waals surface area contributed by atoms with Crippen LogP contribution in [0.1, 0.15) is 0 Å². The second-order valence-corrected chi connectivity index (χ2v) is 10.1. The molecule has 0 amide bonds. The third-order valence-electron chi connectivity index (χ3n) is 7.34. The van der Waals surface area contributed by atoms with Crippen LogP contribution in [0, 0.1) is 0 Å². The summed E-state index contributed by atoms with van der Waals surface area (Å²) in [5.74, 6) is 0. The van der Waals surface area contributed by atoms with Crippen molar-refractivity contribution < 1.29 is 0 Å². The van der Waals surface area contributed by atoms with Crippen LogP contribution < -0.4 is 0 Å². The van der Waals surface area contributed by atoms with Gasteiger partial charge in [0.15, 0.2) is 0 Å². The molecule has 5 aromatic carbocycles. The van der Waals surface area contributed by atoms with Crippen LogP contribution in [0.15, 0.2) is 103 Å². The Labute approximate surface area is 199 Å². The summed E-state index contributed by atoms with van der Waals surface area (Å²) in [7, 11) is 2.17. The van der Waals surface area contributed by atoms with Crippen molar-refractivity contribution in [3.8, 4) is 5.69 Å². The van der Waals surface area contributed by atoms with Gasteiger partial charge in [-0.15, -0.1) is 11.3 Å². The Kier molecular flexibility index (Phi) is 3.51. The van der Waals surface area contributed by atoms with Gasteiger partial charge in [-0.25, -0.2) is 0 Å². The first-order valence-corrected chi connectivity index (χ1v) is 12.4. The highest BCUT2D eigenvalue weighted by Gasteiger charge is 2.20. The first-order valence-electron chi connectivity index (χ1n) is 11.6. The van der Waals surface area contributed by atoms with E-state index in [9.17, 15) is 0 Å². The first kappa shape index (κ1) is 18.4. The molecule has 0 atom stereocenters. The summed E-state index contributed by atoms with van der Waals surface area (Å²) in [5.41, 5.74) is 6.32. The number of hydrogen-bond donors (Lipinski definition) is 0. The van der Waals surface area contributed by atoms with Crippen molar-refractivity contribution in [3.63, 3.8) is 0 Å². The zero-order valence-corrected chi connectivity index (χ0v) is 19.4. The van der Waals surface area contributed by atoms with E-state index in [-0.39, 0.29) is 0 Å². The number of aromatic nitrogens is 2. The average molecular weight is 453 g/mol. The predicted octanol–water partition coefficient (Wildman–Crippen LogP) is 8.80. The largest absolute Gasteiger partial charge is 0.344 e. The van der Waals surface area contributed by atoms with Gasteiger partial charge in [0.1, 0.15) is 0 Å². The number of thiophene rings is 1. The Balaban J connectivity index is 1.66. The fourth-order valence-corrected chi connectivity index (χ4v) is 7.10. The van der Waals surface area contributed by atoms with Crippen molar-refractivity contribution in [2.45, 2.75) is 0 Å². The molecule has 34 heavy (non-hydrogen) atoms. The molecule has 0 saturated heterocycles. The molecule has 0 spiro atoms. The molecule has 0 saturated carbocycles. The molecular weight excluding hydrogens is 432 g/mol. The molecule has 160 valence electrons. The van der Waals surface area contributed by atoms with Gasteiger partial charge in [-0.3, -0.25) is 0 Å². The molecule has 0 unspecified atom stereocenters. The maximum Gasteiger partial charge on any atom is 0.0720 e. The van der Waals surface area contributed by atoms with E-state index in [0.717, 1.165) is 0 Å². The van der Waals surface area contributed by atoms with Gasteiger partial charge in [-0.05, 0) is 30.3 Å². The maximum atomic E-state index is 2.51. The quantitative estimate of drug-likeness (QED) is 0.235. The lowest BCUT2D eigenvalue weighted by Crippen LogP contribution is -1.95. The van der Waals surface area contributed by atoms with Crippen molar-refractivity contribution in [1.29, 1.82) is 0 Å². The fourth-order valence-electron chi connectivity index (χ4n) is 5.86. The van der Waals surface area contributed by atoms with E-state index in [4.69, 9.17) is 0 Å². The van der Waals surface area contributed by atoms with Crippen LogP contribution in [0.3, 0.4) is 0 Å². The zero-order valence-electron chi connectivity index (χ0n) is 18.6. The summed E-state index contributed by atoms with van der Waals surface area (Å²) in [6.45, 7) is 0. The minimum absolute atomic E-state index is 1.24. The molecule has 0 fully saturated rings. The number of rotatable bonds is 1. The minimum Gasteiger partial charge on any atom is -0.344 e. The normalized spacial score (nSPS) is 12.3. The number of aryl methyl sites for hydroxylation is 1. The molecule has 8 aromatic rings. The van der Waals surface area contributed by atoms with Gasteiger partial charge in [-0.2, -0.15) is 0 Å². The lowest BCUT2D eigenvalue weighted by atomic mass is 10.1. The smallest absolute Gasteiger partial charge is 0.0720 e. The van der Waals surface area contributed by atoms with Gasteiger partial charge in [0.05, 0.1) is 26.9 Å². The van der Waals surface area contributed by atoms with E-state index >= 15 is 0 Å². The Bertz CT molecular complexity index is 2080. The molecule has 2 nitrogen and oxygen atoms in total. The highest BCUT2D eigenvalue weighted by atomic mass is 32.1. The molecule has 8 rings (SSSR count). The molecule has 3 heterocycles. The van der Waals surface area contributed by atoms with E-state index in [2.05, 4.69) is 119 Å². The SMILES string of the molecule is Cn1c2ccccc2c2c(-n3c4ccccc4c4ccc5c6ccccc6sc5c43)cccc21. The summed E-state index contributed by atoms with van der Waals surface area (Å²) in [4.78, 5) is 0. The molecule has 0 N–H and O–H groups in total. The second-order valence-electron chi connectivity index (χ2n) is 9.04. The predicted molar refractivity (Wildman–Crippen MR) is 148 cm³/mol. The Morgan fingerprint density at radius 2 is 1.21 bits per heavy atom. The molecule has 0 aliphatic rings. The Hall–Kier alpha value is -4.08. The topological polar surface area (TPSA) is 9.86 Å². The van der Waals surface area contributed by atoms with Crippen LogP contribution >= 0.6 is 11.3 Å².